The van der Waals surface area contributed by atoms with Crippen molar-refractivity contribution in [3.8, 4) is 0 Å². The predicted octanol–water partition coefficient (Wildman–Crippen LogP) is 2.68. The molecule has 0 aliphatic carbocycles. The van der Waals surface area contributed by atoms with Gasteiger partial charge in [0.2, 0.25) is 5.13 Å². The molecule has 0 unspecified atom stereocenters. The minimum absolute atomic E-state index is 0.0793. The van der Waals surface area contributed by atoms with Gasteiger partial charge in [0.05, 0.1) is 5.60 Å². The Morgan fingerprint density at radius 2 is 2.07 bits per heavy atom. The van der Waals surface area contributed by atoms with Crippen LogP contribution in [0.5, 0.6) is 0 Å². The van der Waals surface area contributed by atoms with Crippen molar-refractivity contribution in [2.45, 2.75) is 46.3 Å². The van der Waals surface area contributed by atoms with Gasteiger partial charge in [0.25, 0.3) is 0 Å². The smallest absolute Gasteiger partial charge is 0.205 e. The molecule has 0 aliphatic heterocycles. The first-order valence-electron chi connectivity index (χ1n) is 5.27. The number of nitrogens with zero attached hydrogens (tertiary/aromatic N) is 2. The fourth-order valence-electron chi connectivity index (χ4n) is 0.894. The van der Waals surface area contributed by atoms with Gasteiger partial charge in [0, 0.05) is 6.54 Å². The topological polar surface area (TPSA) is 47.0 Å². The molecule has 0 aliphatic rings. The Bertz CT molecular complexity index is 299. The van der Waals surface area contributed by atoms with Crippen LogP contribution in [0, 0.1) is 0 Å². The summed E-state index contributed by atoms with van der Waals surface area (Å²) in [6, 6.07) is 0. The lowest BCUT2D eigenvalue weighted by atomic mass is 10.1. The molecule has 0 aromatic carbocycles. The SMILES string of the molecule is CCNc1nnc(COC(C)(C)CC)s1. The Labute approximate surface area is 95.1 Å². The van der Waals surface area contributed by atoms with Crippen molar-refractivity contribution >= 4 is 16.5 Å². The minimum atomic E-state index is -0.0793. The maximum atomic E-state index is 5.74. The first kappa shape index (κ1) is 12.4. The summed E-state index contributed by atoms with van der Waals surface area (Å²) in [6.45, 7) is 9.74. The van der Waals surface area contributed by atoms with E-state index in [1.807, 2.05) is 6.92 Å². The summed E-state index contributed by atoms with van der Waals surface area (Å²) < 4.78 is 5.74. The molecule has 1 rings (SSSR count). The molecule has 0 spiro atoms. The molecule has 0 amide bonds. The molecule has 1 heterocycles. The summed E-state index contributed by atoms with van der Waals surface area (Å²) in [5, 5.41) is 13.0. The third kappa shape index (κ3) is 4.13. The van der Waals surface area contributed by atoms with Gasteiger partial charge in [-0.3, -0.25) is 0 Å². The zero-order valence-corrected chi connectivity index (χ0v) is 10.6. The van der Waals surface area contributed by atoms with Crippen LogP contribution in [0.4, 0.5) is 5.13 Å². The van der Waals surface area contributed by atoms with Crippen LogP contribution in [0.2, 0.25) is 0 Å². The highest BCUT2D eigenvalue weighted by molar-refractivity contribution is 7.15. The molecule has 1 N–H and O–H groups in total. The van der Waals surface area contributed by atoms with E-state index in [0.29, 0.717) is 6.61 Å². The fourth-order valence-corrected chi connectivity index (χ4v) is 1.61. The zero-order valence-electron chi connectivity index (χ0n) is 9.83. The Balaban J connectivity index is 2.44. The average Bonchev–Trinajstić information content (AvgIpc) is 2.64. The van der Waals surface area contributed by atoms with Crippen LogP contribution in [0.25, 0.3) is 0 Å². The number of nitrogens with one attached hydrogen (secondary N) is 1. The molecule has 5 heteroatoms. The second-order valence-electron chi connectivity index (χ2n) is 3.93. The Kier molecular flexibility index (Phi) is 4.47. The summed E-state index contributed by atoms with van der Waals surface area (Å²) in [5.41, 5.74) is -0.0793. The van der Waals surface area contributed by atoms with Gasteiger partial charge < -0.3 is 10.1 Å². The number of anilines is 1. The maximum Gasteiger partial charge on any atom is 0.205 e. The van der Waals surface area contributed by atoms with Crippen LogP contribution in [0.1, 0.15) is 39.1 Å². The highest BCUT2D eigenvalue weighted by atomic mass is 32.1. The van der Waals surface area contributed by atoms with Gasteiger partial charge in [0.15, 0.2) is 0 Å². The van der Waals surface area contributed by atoms with Crippen LogP contribution >= 0.6 is 11.3 Å². The molecule has 4 nitrogen and oxygen atoms in total. The third-order valence-electron chi connectivity index (χ3n) is 2.23. The summed E-state index contributed by atoms with van der Waals surface area (Å²) in [5.74, 6) is 0. The summed E-state index contributed by atoms with van der Waals surface area (Å²) in [6.07, 6.45) is 0.992. The fraction of sp³-hybridized carbons (Fsp3) is 0.800. The lowest BCUT2D eigenvalue weighted by Crippen LogP contribution is -2.22. The van der Waals surface area contributed by atoms with Gasteiger partial charge in [-0.15, -0.1) is 10.2 Å². The van der Waals surface area contributed by atoms with Crippen molar-refractivity contribution in [3.63, 3.8) is 0 Å². The van der Waals surface area contributed by atoms with Crippen molar-refractivity contribution in [1.82, 2.24) is 10.2 Å². The molecule has 1 aromatic rings. The van der Waals surface area contributed by atoms with Gasteiger partial charge in [-0.2, -0.15) is 0 Å². The largest absolute Gasteiger partial charge is 0.368 e. The molecule has 0 fully saturated rings. The van der Waals surface area contributed by atoms with Gasteiger partial charge >= 0.3 is 0 Å². The molecule has 1 aromatic heterocycles. The highest BCUT2D eigenvalue weighted by Crippen LogP contribution is 2.20. The van der Waals surface area contributed by atoms with E-state index in [0.717, 1.165) is 23.1 Å². The van der Waals surface area contributed by atoms with Crippen LogP contribution in [-0.4, -0.2) is 22.3 Å². The zero-order chi connectivity index (χ0) is 11.3. The standard InChI is InChI=1S/C10H19N3OS/c1-5-10(3,4)14-7-8-12-13-9(15-8)11-6-2/h5-7H2,1-4H3,(H,11,13). The van der Waals surface area contributed by atoms with E-state index in [1.165, 1.54) is 0 Å². The number of rotatable bonds is 6. The molecule has 0 radical (unpaired) electrons. The first-order valence-corrected chi connectivity index (χ1v) is 6.09. The number of hydrogen-bond donors (Lipinski definition) is 1. The molecule has 0 bridgehead atoms. The summed E-state index contributed by atoms with van der Waals surface area (Å²) in [4.78, 5) is 0. The lowest BCUT2D eigenvalue weighted by Gasteiger charge is -2.22. The lowest BCUT2D eigenvalue weighted by molar-refractivity contribution is -0.0318. The average molecular weight is 229 g/mol. The Morgan fingerprint density at radius 1 is 1.33 bits per heavy atom. The molecule has 86 valence electrons. The van der Waals surface area contributed by atoms with Crippen LogP contribution in [0.3, 0.4) is 0 Å². The molecular weight excluding hydrogens is 210 g/mol. The third-order valence-corrected chi connectivity index (χ3v) is 3.09. The molecular formula is C10H19N3OS. The van der Waals surface area contributed by atoms with E-state index in [1.54, 1.807) is 11.3 Å². The second kappa shape index (κ2) is 5.42. The highest BCUT2D eigenvalue weighted by Gasteiger charge is 2.16. The first-order chi connectivity index (χ1) is 7.07. The van der Waals surface area contributed by atoms with Gasteiger partial charge in [-0.1, -0.05) is 18.3 Å². The van der Waals surface area contributed by atoms with Crippen molar-refractivity contribution in [3.05, 3.63) is 5.01 Å². The molecule has 0 saturated carbocycles. The van der Waals surface area contributed by atoms with Crippen LogP contribution < -0.4 is 5.32 Å². The summed E-state index contributed by atoms with van der Waals surface area (Å²) >= 11 is 1.55. The van der Waals surface area contributed by atoms with E-state index in [2.05, 4.69) is 36.3 Å². The van der Waals surface area contributed by atoms with Crippen molar-refractivity contribution in [2.75, 3.05) is 11.9 Å². The number of ether oxygens (including phenoxy) is 1. The minimum Gasteiger partial charge on any atom is -0.368 e. The van der Waals surface area contributed by atoms with Crippen molar-refractivity contribution < 1.29 is 4.74 Å². The van der Waals surface area contributed by atoms with Gasteiger partial charge in [-0.25, -0.2) is 0 Å². The quantitative estimate of drug-likeness (QED) is 0.814. The molecule has 15 heavy (non-hydrogen) atoms. The van der Waals surface area contributed by atoms with Crippen LogP contribution in [-0.2, 0) is 11.3 Å². The monoisotopic (exact) mass is 229 g/mol. The number of hydrogen-bond acceptors (Lipinski definition) is 5. The summed E-state index contributed by atoms with van der Waals surface area (Å²) in [7, 11) is 0. The van der Waals surface area contributed by atoms with E-state index < -0.39 is 0 Å². The predicted molar refractivity (Wildman–Crippen MR) is 63.2 cm³/mol. The Morgan fingerprint density at radius 3 is 2.67 bits per heavy atom. The van der Waals surface area contributed by atoms with E-state index in [-0.39, 0.29) is 5.60 Å². The van der Waals surface area contributed by atoms with Gasteiger partial charge in [-0.05, 0) is 27.2 Å². The second-order valence-corrected chi connectivity index (χ2v) is 5.00. The Hall–Kier alpha value is -0.680. The molecule has 0 atom stereocenters. The maximum absolute atomic E-state index is 5.74. The van der Waals surface area contributed by atoms with E-state index >= 15 is 0 Å². The molecule has 0 saturated heterocycles. The van der Waals surface area contributed by atoms with Crippen molar-refractivity contribution in [1.29, 1.82) is 0 Å². The van der Waals surface area contributed by atoms with E-state index in [4.69, 9.17) is 4.74 Å². The van der Waals surface area contributed by atoms with Gasteiger partial charge in [0.1, 0.15) is 11.6 Å². The van der Waals surface area contributed by atoms with Crippen LogP contribution in [0.15, 0.2) is 0 Å². The normalized spacial score (nSPS) is 11.7. The van der Waals surface area contributed by atoms with Crippen molar-refractivity contribution in [2.24, 2.45) is 0 Å². The number of aromatic nitrogens is 2. The van der Waals surface area contributed by atoms with E-state index in [9.17, 15) is 0 Å².